The molecule has 0 aliphatic heterocycles. The number of carboxylic acid groups (broad SMARTS) is 1. The molecule has 1 atom stereocenters. The van der Waals surface area contributed by atoms with Crippen molar-refractivity contribution in [1.29, 1.82) is 0 Å². The Bertz CT molecular complexity index is 491. The average molecular weight is 284 g/mol. The van der Waals surface area contributed by atoms with E-state index in [1.165, 1.54) is 19.1 Å². The molecule has 0 aliphatic carbocycles. The minimum Gasteiger partial charge on any atom is -0.480 e. The molecule has 0 spiro atoms. The van der Waals surface area contributed by atoms with Crippen molar-refractivity contribution in [2.45, 2.75) is 18.0 Å². The summed E-state index contributed by atoms with van der Waals surface area (Å²) in [5, 5.41) is 18.9. The molecular formula is C10H12N4O4S. The van der Waals surface area contributed by atoms with E-state index in [9.17, 15) is 14.4 Å². The molecule has 0 bridgehead atoms. The van der Waals surface area contributed by atoms with E-state index >= 15 is 0 Å². The van der Waals surface area contributed by atoms with Crippen molar-refractivity contribution in [1.82, 2.24) is 15.5 Å². The quantitative estimate of drug-likeness (QED) is 0.585. The molecule has 9 heteroatoms. The second-order valence-electron chi connectivity index (χ2n) is 3.52. The van der Waals surface area contributed by atoms with Crippen molar-refractivity contribution in [3.8, 4) is 0 Å². The van der Waals surface area contributed by atoms with Crippen LogP contribution in [0.2, 0.25) is 0 Å². The van der Waals surface area contributed by atoms with Crippen LogP contribution in [0.1, 0.15) is 17.4 Å². The second-order valence-corrected chi connectivity index (χ2v) is 4.56. The number of nitrogens with one attached hydrogen (secondary N) is 1. The Kier molecular flexibility index (Phi) is 5.24. The number of amides is 2. The molecule has 0 saturated carbocycles. The molecule has 19 heavy (non-hydrogen) atoms. The molecule has 4 N–H and O–H groups in total. The lowest BCUT2D eigenvalue weighted by Gasteiger charge is -2.11. The molecule has 0 radical (unpaired) electrons. The standard InChI is InChI=1S/C10H12N4O4S/c1-5(15)12-7(10(17)18)4-19-8-3-2-6(9(11)16)13-14-8/h2-3,7H,4H2,1H3,(H2,11,16)(H,12,15)(H,17,18). The van der Waals surface area contributed by atoms with Gasteiger partial charge in [0.25, 0.3) is 5.91 Å². The van der Waals surface area contributed by atoms with Crippen LogP contribution in [0.25, 0.3) is 0 Å². The Balaban J connectivity index is 2.61. The molecule has 2 amide bonds. The molecule has 1 aromatic rings. The Morgan fingerprint density at radius 1 is 1.42 bits per heavy atom. The van der Waals surface area contributed by atoms with Crippen molar-refractivity contribution in [2.24, 2.45) is 5.73 Å². The molecule has 0 aromatic carbocycles. The number of nitrogens with two attached hydrogens (primary N) is 1. The SMILES string of the molecule is CC(=O)NC(CSc1ccc(C(N)=O)nn1)C(=O)O. The summed E-state index contributed by atoms with van der Waals surface area (Å²) in [7, 11) is 0. The van der Waals surface area contributed by atoms with Gasteiger partial charge in [-0.05, 0) is 12.1 Å². The number of thioether (sulfide) groups is 1. The van der Waals surface area contributed by atoms with Gasteiger partial charge in [-0.25, -0.2) is 4.79 Å². The van der Waals surface area contributed by atoms with E-state index in [-0.39, 0.29) is 11.4 Å². The first-order valence-electron chi connectivity index (χ1n) is 5.16. The second kappa shape index (κ2) is 6.69. The predicted molar refractivity (Wildman–Crippen MR) is 66.5 cm³/mol. The first-order valence-corrected chi connectivity index (χ1v) is 6.15. The Morgan fingerprint density at radius 3 is 2.53 bits per heavy atom. The van der Waals surface area contributed by atoms with Gasteiger partial charge in [-0.15, -0.1) is 22.0 Å². The zero-order valence-electron chi connectivity index (χ0n) is 9.99. The normalized spacial score (nSPS) is 11.6. The van der Waals surface area contributed by atoms with E-state index in [4.69, 9.17) is 10.8 Å². The number of carbonyl (C=O) groups is 3. The fourth-order valence-corrected chi connectivity index (χ4v) is 1.94. The van der Waals surface area contributed by atoms with E-state index in [2.05, 4.69) is 15.5 Å². The van der Waals surface area contributed by atoms with Gasteiger partial charge < -0.3 is 16.2 Å². The van der Waals surface area contributed by atoms with Crippen molar-refractivity contribution in [3.63, 3.8) is 0 Å². The fraction of sp³-hybridized carbons (Fsp3) is 0.300. The number of hydrogen-bond donors (Lipinski definition) is 3. The van der Waals surface area contributed by atoms with Crippen LogP contribution in [0.15, 0.2) is 17.2 Å². The van der Waals surface area contributed by atoms with E-state index in [1.807, 2.05) is 0 Å². The monoisotopic (exact) mass is 284 g/mol. The van der Waals surface area contributed by atoms with Crippen LogP contribution in [0.3, 0.4) is 0 Å². The van der Waals surface area contributed by atoms with Crippen molar-refractivity contribution in [3.05, 3.63) is 17.8 Å². The molecule has 1 rings (SSSR count). The highest BCUT2D eigenvalue weighted by Crippen LogP contribution is 2.15. The first kappa shape index (κ1) is 14.9. The Labute approximate surface area is 112 Å². The number of primary amides is 1. The minimum absolute atomic E-state index is 0.0287. The van der Waals surface area contributed by atoms with Crippen LogP contribution in [0.4, 0.5) is 0 Å². The van der Waals surface area contributed by atoms with Crippen LogP contribution < -0.4 is 11.1 Å². The summed E-state index contributed by atoms with van der Waals surface area (Å²) < 4.78 is 0. The number of carboxylic acids is 1. The van der Waals surface area contributed by atoms with Gasteiger partial charge in [0.15, 0.2) is 5.69 Å². The smallest absolute Gasteiger partial charge is 0.327 e. The fourth-order valence-electron chi connectivity index (χ4n) is 1.12. The summed E-state index contributed by atoms with van der Waals surface area (Å²) in [6, 6.07) is 1.89. The zero-order chi connectivity index (χ0) is 14.4. The van der Waals surface area contributed by atoms with Crippen molar-refractivity contribution < 1.29 is 19.5 Å². The third kappa shape index (κ3) is 4.92. The van der Waals surface area contributed by atoms with E-state index in [0.29, 0.717) is 5.03 Å². The number of carbonyl (C=O) groups excluding carboxylic acids is 2. The summed E-state index contributed by atoms with van der Waals surface area (Å²) in [4.78, 5) is 32.5. The molecule has 8 nitrogen and oxygen atoms in total. The maximum absolute atomic E-state index is 10.9. The summed E-state index contributed by atoms with van der Waals surface area (Å²) >= 11 is 1.10. The maximum atomic E-state index is 10.9. The summed E-state index contributed by atoms with van der Waals surface area (Å²) in [6.45, 7) is 1.24. The van der Waals surface area contributed by atoms with E-state index < -0.39 is 23.8 Å². The lowest BCUT2D eigenvalue weighted by Crippen LogP contribution is -2.41. The van der Waals surface area contributed by atoms with Crippen molar-refractivity contribution >= 4 is 29.5 Å². The molecule has 1 aromatic heterocycles. The van der Waals surface area contributed by atoms with Crippen LogP contribution in [-0.2, 0) is 9.59 Å². The van der Waals surface area contributed by atoms with Gasteiger partial charge in [0.05, 0.1) is 0 Å². The summed E-state index contributed by atoms with van der Waals surface area (Å²) in [5.41, 5.74) is 5.04. The number of rotatable bonds is 6. The molecule has 1 unspecified atom stereocenters. The first-order chi connectivity index (χ1) is 8.90. The highest BCUT2D eigenvalue weighted by atomic mass is 32.2. The van der Waals surface area contributed by atoms with Gasteiger partial charge >= 0.3 is 5.97 Å². The molecule has 0 saturated heterocycles. The Morgan fingerprint density at radius 2 is 2.11 bits per heavy atom. The minimum atomic E-state index is -1.13. The number of nitrogens with zero attached hydrogens (tertiary/aromatic N) is 2. The van der Waals surface area contributed by atoms with Gasteiger partial charge in [0, 0.05) is 12.7 Å². The lowest BCUT2D eigenvalue weighted by atomic mass is 10.3. The highest BCUT2D eigenvalue weighted by molar-refractivity contribution is 7.99. The topological polar surface area (TPSA) is 135 Å². The molecular weight excluding hydrogens is 272 g/mol. The molecule has 1 heterocycles. The van der Waals surface area contributed by atoms with E-state index in [0.717, 1.165) is 11.8 Å². The summed E-state index contributed by atoms with van der Waals surface area (Å²) in [5.74, 6) is -2.15. The Hall–Kier alpha value is -2.16. The lowest BCUT2D eigenvalue weighted by molar-refractivity contribution is -0.140. The molecule has 0 fully saturated rings. The van der Waals surface area contributed by atoms with Gasteiger partial charge in [-0.3, -0.25) is 9.59 Å². The molecule has 102 valence electrons. The third-order valence-corrected chi connectivity index (χ3v) is 2.98. The van der Waals surface area contributed by atoms with Crippen molar-refractivity contribution in [2.75, 3.05) is 5.75 Å². The molecule has 0 aliphatic rings. The largest absolute Gasteiger partial charge is 0.480 e. The summed E-state index contributed by atoms with van der Waals surface area (Å²) in [6.07, 6.45) is 0. The number of hydrogen-bond acceptors (Lipinski definition) is 6. The maximum Gasteiger partial charge on any atom is 0.327 e. The van der Waals surface area contributed by atoms with Gasteiger partial charge in [0.1, 0.15) is 11.1 Å². The predicted octanol–water partition coefficient (Wildman–Crippen LogP) is -0.743. The zero-order valence-corrected chi connectivity index (χ0v) is 10.8. The van der Waals surface area contributed by atoms with Crippen LogP contribution in [0.5, 0.6) is 0 Å². The van der Waals surface area contributed by atoms with Gasteiger partial charge in [-0.1, -0.05) is 0 Å². The highest BCUT2D eigenvalue weighted by Gasteiger charge is 2.18. The third-order valence-electron chi connectivity index (χ3n) is 1.97. The van der Waals surface area contributed by atoms with Gasteiger partial charge in [0.2, 0.25) is 5.91 Å². The van der Waals surface area contributed by atoms with Gasteiger partial charge in [-0.2, -0.15) is 0 Å². The average Bonchev–Trinajstić information content (AvgIpc) is 2.34. The number of aromatic nitrogens is 2. The van der Waals surface area contributed by atoms with E-state index in [1.54, 1.807) is 0 Å². The van der Waals surface area contributed by atoms with Crippen LogP contribution in [0, 0.1) is 0 Å². The van der Waals surface area contributed by atoms with Crippen LogP contribution in [-0.4, -0.2) is 44.9 Å². The van der Waals surface area contributed by atoms with Crippen LogP contribution >= 0.6 is 11.8 Å². The number of aliphatic carboxylic acids is 1.